The van der Waals surface area contributed by atoms with Crippen LogP contribution in [0.2, 0.25) is 0 Å². The Morgan fingerprint density at radius 3 is 3.25 bits per heavy atom. The van der Waals surface area contributed by atoms with Gasteiger partial charge in [-0.15, -0.1) is 5.10 Å². The van der Waals surface area contributed by atoms with Gasteiger partial charge in [0, 0.05) is 38.7 Å². The van der Waals surface area contributed by atoms with E-state index in [-0.39, 0.29) is 18.1 Å². The van der Waals surface area contributed by atoms with Crippen molar-refractivity contribution in [2.45, 2.75) is 12.1 Å². The van der Waals surface area contributed by atoms with Gasteiger partial charge in [-0.25, -0.2) is 0 Å². The summed E-state index contributed by atoms with van der Waals surface area (Å²) in [5.41, 5.74) is 0.428. The Kier molecular flexibility index (Phi) is 4.25. The van der Waals surface area contributed by atoms with Crippen molar-refractivity contribution >= 4 is 17.4 Å². The van der Waals surface area contributed by atoms with E-state index in [9.17, 15) is 4.79 Å². The summed E-state index contributed by atoms with van der Waals surface area (Å²) in [7, 11) is 1.71. The van der Waals surface area contributed by atoms with Crippen LogP contribution in [0.3, 0.4) is 0 Å². The SMILES string of the molecule is COCCN1CCO[C@H]2CN(C(=O)c3csnn3)C[C@H]21. The summed E-state index contributed by atoms with van der Waals surface area (Å²) in [6.07, 6.45) is 0.0937. The monoisotopic (exact) mass is 298 g/mol. The van der Waals surface area contributed by atoms with Gasteiger partial charge in [-0.05, 0) is 11.5 Å². The van der Waals surface area contributed by atoms with Gasteiger partial charge in [0.05, 0.1) is 25.4 Å². The Bertz CT molecular complexity index is 456. The maximum absolute atomic E-state index is 12.3. The average Bonchev–Trinajstić information content (AvgIpc) is 3.12. The van der Waals surface area contributed by atoms with Crippen LogP contribution in [0.15, 0.2) is 5.38 Å². The Morgan fingerprint density at radius 2 is 2.50 bits per heavy atom. The first-order valence-corrected chi connectivity index (χ1v) is 7.54. The van der Waals surface area contributed by atoms with Crippen molar-refractivity contribution < 1.29 is 14.3 Å². The Balaban J connectivity index is 1.66. The molecule has 2 atom stereocenters. The first-order valence-electron chi connectivity index (χ1n) is 6.70. The van der Waals surface area contributed by atoms with Gasteiger partial charge in [0.2, 0.25) is 0 Å². The molecule has 8 heteroatoms. The second-order valence-electron chi connectivity index (χ2n) is 5.01. The number of fused-ring (bicyclic) bond motifs is 1. The normalized spacial score (nSPS) is 26.8. The lowest BCUT2D eigenvalue weighted by Gasteiger charge is -2.36. The lowest BCUT2D eigenvalue weighted by atomic mass is 10.1. The van der Waals surface area contributed by atoms with Gasteiger partial charge in [-0.1, -0.05) is 4.49 Å². The number of carbonyl (C=O) groups is 1. The van der Waals surface area contributed by atoms with E-state index in [1.54, 1.807) is 12.5 Å². The minimum Gasteiger partial charge on any atom is -0.383 e. The van der Waals surface area contributed by atoms with E-state index < -0.39 is 0 Å². The number of rotatable bonds is 4. The molecule has 0 N–H and O–H groups in total. The second kappa shape index (κ2) is 6.13. The van der Waals surface area contributed by atoms with E-state index >= 15 is 0 Å². The molecule has 2 aliphatic heterocycles. The quantitative estimate of drug-likeness (QED) is 0.761. The molecule has 0 unspecified atom stereocenters. The first kappa shape index (κ1) is 13.9. The summed E-state index contributed by atoms with van der Waals surface area (Å²) < 4.78 is 14.7. The topological polar surface area (TPSA) is 67.8 Å². The van der Waals surface area contributed by atoms with Crippen LogP contribution in [0.25, 0.3) is 0 Å². The maximum Gasteiger partial charge on any atom is 0.275 e. The van der Waals surface area contributed by atoms with E-state index in [2.05, 4.69) is 14.5 Å². The summed E-state index contributed by atoms with van der Waals surface area (Å²) in [4.78, 5) is 16.5. The highest BCUT2D eigenvalue weighted by Gasteiger charge is 2.42. The van der Waals surface area contributed by atoms with Crippen molar-refractivity contribution in [3.8, 4) is 0 Å². The molecule has 1 aromatic heterocycles. The number of morpholine rings is 1. The van der Waals surface area contributed by atoms with E-state index in [4.69, 9.17) is 9.47 Å². The van der Waals surface area contributed by atoms with Crippen LogP contribution >= 0.6 is 11.5 Å². The summed E-state index contributed by atoms with van der Waals surface area (Å²) in [5, 5.41) is 5.54. The molecular weight excluding hydrogens is 280 g/mol. The van der Waals surface area contributed by atoms with Gasteiger partial charge in [0.25, 0.3) is 5.91 Å². The summed E-state index contributed by atoms with van der Waals surface area (Å²) in [6, 6.07) is 0.259. The number of carbonyl (C=O) groups excluding carboxylic acids is 1. The molecule has 20 heavy (non-hydrogen) atoms. The smallest absolute Gasteiger partial charge is 0.275 e. The first-order chi connectivity index (χ1) is 9.79. The number of aromatic nitrogens is 2. The standard InChI is InChI=1S/C12H18N4O3S/c1-18-4-2-15-3-5-19-11-7-16(6-10(11)15)12(17)9-8-20-14-13-9/h8,10-11H,2-7H2,1H3/t10-,11+/m1/s1. The lowest BCUT2D eigenvalue weighted by molar-refractivity contribution is -0.0526. The van der Waals surface area contributed by atoms with Crippen molar-refractivity contribution in [1.29, 1.82) is 0 Å². The minimum absolute atomic E-state index is 0.0524. The predicted octanol–water partition coefficient (Wildman–Crippen LogP) is -0.290. The molecule has 0 bridgehead atoms. The molecule has 3 heterocycles. The molecule has 0 saturated carbocycles. The van der Waals surface area contributed by atoms with Crippen LogP contribution < -0.4 is 0 Å². The molecule has 2 fully saturated rings. The maximum atomic E-state index is 12.3. The number of hydrogen-bond acceptors (Lipinski definition) is 7. The van der Waals surface area contributed by atoms with E-state index in [0.717, 1.165) is 13.1 Å². The fourth-order valence-corrected chi connectivity index (χ4v) is 3.26. The van der Waals surface area contributed by atoms with Crippen molar-refractivity contribution in [1.82, 2.24) is 19.4 Å². The van der Waals surface area contributed by atoms with E-state index in [1.165, 1.54) is 11.5 Å². The molecule has 3 rings (SSSR count). The zero-order valence-corrected chi connectivity index (χ0v) is 12.2. The zero-order valence-electron chi connectivity index (χ0n) is 11.4. The highest BCUT2D eigenvalue weighted by Crippen LogP contribution is 2.23. The molecule has 110 valence electrons. The van der Waals surface area contributed by atoms with Gasteiger partial charge in [0.1, 0.15) is 0 Å². The number of hydrogen-bond donors (Lipinski definition) is 0. The largest absolute Gasteiger partial charge is 0.383 e. The Morgan fingerprint density at radius 1 is 1.60 bits per heavy atom. The molecule has 0 spiro atoms. The van der Waals surface area contributed by atoms with Crippen LogP contribution in [-0.2, 0) is 9.47 Å². The van der Waals surface area contributed by atoms with Crippen LogP contribution in [-0.4, -0.2) is 83.9 Å². The number of likely N-dealkylation sites (tertiary alicyclic amines) is 1. The second-order valence-corrected chi connectivity index (χ2v) is 5.62. The lowest BCUT2D eigenvalue weighted by Crippen LogP contribution is -2.51. The highest BCUT2D eigenvalue weighted by atomic mass is 32.1. The number of nitrogens with zero attached hydrogens (tertiary/aromatic N) is 4. The average molecular weight is 298 g/mol. The number of methoxy groups -OCH3 is 1. The third kappa shape index (κ3) is 2.69. The number of amides is 1. The molecule has 2 aliphatic rings. The van der Waals surface area contributed by atoms with Gasteiger partial charge >= 0.3 is 0 Å². The minimum atomic E-state index is -0.0524. The zero-order chi connectivity index (χ0) is 13.9. The highest BCUT2D eigenvalue weighted by molar-refractivity contribution is 7.03. The van der Waals surface area contributed by atoms with Crippen LogP contribution in [0.4, 0.5) is 0 Å². The molecular formula is C12H18N4O3S. The van der Waals surface area contributed by atoms with Crippen molar-refractivity contribution in [2.24, 2.45) is 0 Å². The van der Waals surface area contributed by atoms with Crippen molar-refractivity contribution in [3.05, 3.63) is 11.1 Å². The van der Waals surface area contributed by atoms with Crippen molar-refractivity contribution in [2.75, 3.05) is 46.5 Å². The Hall–Kier alpha value is -1.09. The summed E-state index contributed by atoms with van der Waals surface area (Å²) in [6.45, 7) is 4.50. The van der Waals surface area contributed by atoms with Gasteiger partial charge in [-0.3, -0.25) is 9.69 Å². The third-order valence-electron chi connectivity index (χ3n) is 3.87. The molecule has 1 aromatic rings. The number of ether oxygens (including phenoxy) is 2. The molecule has 2 saturated heterocycles. The molecule has 0 radical (unpaired) electrons. The van der Waals surface area contributed by atoms with E-state index in [1.807, 2.05) is 4.90 Å². The van der Waals surface area contributed by atoms with Crippen LogP contribution in [0, 0.1) is 0 Å². The van der Waals surface area contributed by atoms with Crippen molar-refractivity contribution in [3.63, 3.8) is 0 Å². The Labute approximate surface area is 121 Å². The van der Waals surface area contributed by atoms with Gasteiger partial charge in [0.15, 0.2) is 5.69 Å². The third-order valence-corrected chi connectivity index (χ3v) is 4.37. The van der Waals surface area contributed by atoms with E-state index in [0.29, 0.717) is 32.0 Å². The van der Waals surface area contributed by atoms with Crippen LogP contribution in [0.5, 0.6) is 0 Å². The summed E-state index contributed by atoms with van der Waals surface area (Å²) in [5.74, 6) is -0.0524. The molecule has 1 amide bonds. The molecule has 0 aromatic carbocycles. The molecule has 7 nitrogen and oxygen atoms in total. The van der Waals surface area contributed by atoms with Gasteiger partial charge in [-0.2, -0.15) is 0 Å². The van der Waals surface area contributed by atoms with Crippen LogP contribution in [0.1, 0.15) is 10.5 Å². The van der Waals surface area contributed by atoms with Gasteiger partial charge < -0.3 is 14.4 Å². The fourth-order valence-electron chi connectivity index (χ4n) is 2.83. The predicted molar refractivity (Wildman–Crippen MR) is 72.8 cm³/mol. The summed E-state index contributed by atoms with van der Waals surface area (Å²) >= 11 is 1.20. The molecule has 0 aliphatic carbocycles. The fraction of sp³-hybridized carbons (Fsp3) is 0.750.